The summed E-state index contributed by atoms with van der Waals surface area (Å²) in [5, 5.41) is 4.27. The van der Waals surface area contributed by atoms with Gasteiger partial charge >= 0.3 is 5.97 Å². The highest BCUT2D eigenvalue weighted by atomic mass is 16.5. The molecule has 9 heteroatoms. The van der Waals surface area contributed by atoms with Crippen molar-refractivity contribution in [1.29, 1.82) is 0 Å². The van der Waals surface area contributed by atoms with Crippen LogP contribution in [0.15, 0.2) is 55.0 Å². The van der Waals surface area contributed by atoms with Gasteiger partial charge in [-0.3, -0.25) is 14.5 Å². The minimum Gasteiger partial charge on any atom is -0.497 e. The van der Waals surface area contributed by atoms with Gasteiger partial charge in [-0.15, -0.1) is 0 Å². The number of esters is 1. The maximum atomic E-state index is 11.8. The zero-order chi connectivity index (χ0) is 25.1. The number of ether oxygens (including phenoxy) is 3. The molecule has 4 aromatic rings. The van der Waals surface area contributed by atoms with Crippen LogP contribution in [0.5, 0.6) is 11.5 Å². The molecular weight excluding hydrogens is 458 g/mol. The zero-order valence-electron chi connectivity index (χ0n) is 20.7. The molecule has 0 N–H and O–H groups in total. The van der Waals surface area contributed by atoms with Crippen molar-refractivity contribution in [3.8, 4) is 22.8 Å². The van der Waals surface area contributed by atoms with E-state index < -0.39 is 0 Å². The fraction of sp³-hybridized carbons (Fsp3) is 0.333. The average molecular weight is 488 g/mol. The molecular formula is C27H29N5O4. The van der Waals surface area contributed by atoms with Crippen molar-refractivity contribution in [1.82, 2.24) is 19.7 Å². The number of fused-ring (bicyclic) bond motifs is 1. The van der Waals surface area contributed by atoms with Crippen molar-refractivity contribution in [2.24, 2.45) is 5.92 Å². The Morgan fingerprint density at radius 2 is 1.81 bits per heavy atom. The van der Waals surface area contributed by atoms with Gasteiger partial charge in [0.1, 0.15) is 18.0 Å². The molecule has 5 rings (SSSR count). The largest absolute Gasteiger partial charge is 0.497 e. The number of nitrogens with zero attached hydrogens (tertiary/aromatic N) is 5. The quantitative estimate of drug-likeness (QED) is 0.299. The maximum Gasteiger partial charge on any atom is 0.327 e. The van der Waals surface area contributed by atoms with E-state index in [4.69, 9.17) is 19.2 Å². The third-order valence-electron chi connectivity index (χ3n) is 6.15. The third kappa shape index (κ3) is 5.25. The summed E-state index contributed by atoms with van der Waals surface area (Å²) < 4.78 is 17.6. The number of hydrogen-bond acceptors (Lipinski definition) is 8. The number of carbonyl (C=O) groups is 1. The molecule has 2 aromatic heterocycles. The number of carbonyl (C=O) groups excluding carboxylic acids is 1. The SMILES string of the molecule is CCOC(=O)Cn1cc(-c2cnc3ccc(N(CC4CC4)c4cc(OC)cc(OC)c4)cc3n2)cn1. The topological polar surface area (TPSA) is 91.6 Å². The van der Waals surface area contributed by atoms with Gasteiger partial charge in [-0.2, -0.15) is 5.10 Å². The monoisotopic (exact) mass is 487 g/mol. The number of methoxy groups -OCH3 is 2. The fourth-order valence-corrected chi connectivity index (χ4v) is 4.09. The molecule has 1 fully saturated rings. The van der Waals surface area contributed by atoms with Crippen LogP contribution in [-0.2, 0) is 16.1 Å². The van der Waals surface area contributed by atoms with Crippen molar-refractivity contribution in [2.75, 3.05) is 32.3 Å². The van der Waals surface area contributed by atoms with E-state index in [2.05, 4.69) is 27.1 Å². The first kappa shape index (κ1) is 23.6. The third-order valence-corrected chi connectivity index (χ3v) is 6.15. The number of benzene rings is 2. The summed E-state index contributed by atoms with van der Waals surface area (Å²) in [7, 11) is 3.32. The molecule has 0 aliphatic heterocycles. The maximum absolute atomic E-state index is 11.8. The van der Waals surface area contributed by atoms with Crippen LogP contribution < -0.4 is 14.4 Å². The van der Waals surface area contributed by atoms with Crippen LogP contribution in [0.3, 0.4) is 0 Å². The number of anilines is 2. The molecule has 0 radical (unpaired) electrons. The Bertz CT molecular complexity index is 1360. The van der Waals surface area contributed by atoms with Gasteiger partial charge in [0.2, 0.25) is 0 Å². The summed E-state index contributed by atoms with van der Waals surface area (Å²) in [5.74, 6) is 1.81. The smallest absolute Gasteiger partial charge is 0.327 e. The second kappa shape index (κ2) is 10.2. The predicted octanol–water partition coefficient (Wildman–Crippen LogP) is 4.62. The molecule has 0 atom stereocenters. The first-order valence-electron chi connectivity index (χ1n) is 12.0. The van der Waals surface area contributed by atoms with Crippen molar-refractivity contribution < 1.29 is 19.0 Å². The van der Waals surface area contributed by atoms with Crippen molar-refractivity contribution in [3.63, 3.8) is 0 Å². The molecule has 9 nitrogen and oxygen atoms in total. The van der Waals surface area contributed by atoms with Crippen molar-refractivity contribution in [3.05, 3.63) is 55.0 Å². The van der Waals surface area contributed by atoms with Crippen molar-refractivity contribution in [2.45, 2.75) is 26.3 Å². The van der Waals surface area contributed by atoms with Gasteiger partial charge in [-0.1, -0.05) is 0 Å². The van der Waals surface area contributed by atoms with Crippen LogP contribution >= 0.6 is 0 Å². The molecule has 36 heavy (non-hydrogen) atoms. The lowest BCUT2D eigenvalue weighted by Crippen LogP contribution is -2.20. The van der Waals surface area contributed by atoms with Crippen LogP contribution in [0.25, 0.3) is 22.3 Å². The Kier molecular flexibility index (Phi) is 6.71. The fourth-order valence-electron chi connectivity index (χ4n) is 4.09. The molecule has 1 aliphatic rings. The molecule has 0 bridgehead atoms. The van der Waals surface area contributed by atoms with Crippen LogP contribution in [0, 0.1) is 5.92 Å². The van der Waals surface area contributed by atoms with Gasteiger partial charge in [0.25, 0.3) is 0 Å². The van der Waals surface area contributed by atoms with Gasteiger partial charge in [-0.25, -0.2) is 4.98 Å². The highest BCUT2D eigenvalue weighted by Crippen LogP contribution is 2.38. The molecule has 1 saturated carbocycles. The Balaban J connectivity index is 1.48. The van der Waals surface area contributed by atoms with E-state index in [-0.39, 0.29) is 12.5 Å². The lowest BCUT2D eigenvalue weighted by molar-refractivity contribution is -0.144. The van der Waals surface area contributed by atoms with Gasteiger partial charge in [-0.05, 0) is 43.9 Å². The summed E-state index contributed by atoms with van der Waals surface area (Å²) >= 11 is 0. The van der Waals surface area contributed by atoms with E-state index in [0.717, 1.165) is 46.0 Å². The summed E-state index contributed by atoms with van der Waals surface area (Å²) in [5.41, 5.74) is 5.07. The standard InChI is InChI=1S/C27H29N5O4/c1-4-36-27(33)17-31-16-19(13-29-31)26-14-28-24-8-7-20(11-25(24)30-26)32(15-18-5-6-18)21-9-22(34-2)12-23(10-21)35-3/h7-14,16,18H,4-6,15,17H2,1-3H3. The highest BCUT2D eigenvalue weighted by molar-refractivity contribution is 5.82. The van der Waals surface area contributed by atoms with Gasteiger partial charge in [0.15, 0.2) is 0 Å². The highest BCUT2D eigenvalue weighted by Gasteiger charge is 2.26. The van der Waals surface area contributed by atoms with E-state index >= 15 is 0 Å². The summed E-state index contributed by atoms with van der Waals surface area (Å²) in [6.45, 7) is 3.07. The van der Waals surface area contributed by atoms with E-state index in [1.165, 1.54) is 12.8 Å². The van der Waals surface area contributed by atoms with Gasteiger partial charge in [0, 0.05) is 47.9 Å². The summed E-state index contributed by atoms with van der Waals surface area (Å²) in [6, 6.07) is 12.0. The van der Waals surface area contributed by atoms with E-state index in [1.54, 1.807) is 44.4 Å². The molecule has 0 amide bonds. The minimum absolute atomic E-state index is 0.0547. The van der Waals surface area contributed by atoms with Crippen LogP contribution in [0.2, 0.25) is 0 Å². The first-order valence-corrected chi connectivity index (χ1v) is 12.0. The molecule has 186 valence electrons. The number of rotatable bonds is 10. The average Bonchev–Trinajstić information content (AvgIpc) is 3.61. The molecule has 0 saturated heterocycles. The molecule has 2 heterocycles. The lowest BCUT2D eigenvalue weighted by atomic mass is 10.1. The molecule has 1 aliphatic carbocycles. The molecule has 0 spiro atoms. The van der Waals surface area contributed by atoms with Crippen LogP contribution in [-0.4, -0.2) is 53.1 Å². The van der Waals surface area contributed by atoms with Gasteiger partial charge in [0.05, 0.1) is 49.9 Å². The second-order valence-corrected chi connectivity index (χ2v) is 8.78. The summed E-state index contributed by atoms with van der Waals surface area (Å²) in [4.78, 5) is 23.5. The normalized spacial score (nSPS) is 13.0. The first-order chi connectivity index (χ1) is 17.6. The minimum atomic E-state index is -0.327. The van der Waals surface area contributed by atoms with Crippen LogP contribution in [0.4, 0.5) is 11.4 Å². The number of aromatic nitrogens is 4. The van der Waals surface area contributed by atoms with Crippen molar-refractivity contribution >= 4 is 28.4 Å². The molecule has 2 aromatic carbocycles. The van der Waals surface area contributed by atoms with E-state index in [1.807, 2.05) is 24.3 Å². The Hall–Kier alpha value is -4.14. The molecule has 0 unspecified atom stereocenters. The Morgan fingerprint density at radius 1 is 1.03 bits per heavy atom. The van der Waals surface area contributed by atoms with Gasteiger partial charge < -0.3 is 19.1 Å². The predicted molar refractivity (Wildman–Crippen MR) is 137 cm³/mol. The van der Waals surface area contributed by atoms with E-state index in [9.17, 15) is 4.79 Å². The van der Waals surface area contributed by atoms with Crippen LogP contribution in [0.1, 0.15) is 19.8 Å². The lowest BCUT2D eigenvalue weighted by Gasteiger charge is -2.26. The second-order valence-electron chi connectivity index (χ2n) is 8.78. The van der Waals surface area contributed by atoms with E-state index in [0.29, 0.717) is 18.2 Å². The number of hydrogen-bond donors (Lipinski definition) is 0. The Labute approximate surface area is 209 Å². The zero-order valence-corrected chi connectivity index (χ0v) is 20.7. The summed E-state index contributed by atoms with van der Waals surface area (Å²) in [6.07, 6.45) is 7.64. The Morgan fingerprint density at radius 3 is 2.50 bits per heavy atom.